The van der Waals surface area contributed by atoms with Crippen LogP contribution < -0.4 is 16.6 Å². The van der Waals surface area contributed by atoms with Gasteiger partial charge in [0.1, 0.15) is 0 Å². The van der Waals surface area contributed by atoms with E-state index in [1.54, 1.807) is 6.07 Å². The predicted octanol–water partition coefficient (Wildman–Crippen LogP) is 0.813. The molecule has 0 aliphatic rings. The van der Waals surface area contributed by atoms with Crippen LogP contribution in [-0.4, -0.2) is 21.6 Å². The van der Waals surface area contributed by atoms with Gasteiger partial charge < -0.3 is 15.5 Å². The van der Waals surface area contributed by atoms with Crippen molar-refractivity contribution in [1.29, 1.82) is 5.26 Å². The summed E-state index contributed by atoms with van der Waals surface area (Å²) < 4.78 is 4.90. The second-order valence-electron chi connectivity index (χ2n) is 3.51. The summed E-state index contributed by atoms with van der Waals surface area (Å²) >= 11 is 1.04. The Morgan fingerprint density at radius 1 is 1.65 bits per heavy atom. The summed E-state index contributed by atoms with van der Waals surface area (Å²) in [5, 5.41) is 11.0. The van der Waals surface area contributed by atoms with Gasteiger partial charge in [0.15, 0.2) is 22.4 Å². The first kappa shape index (κ1) is 13.7. The molecule has 2 rings (SSSR count). The van der Waals surface area contributed by atoms with Crippen LogP contribution in [0.5, 0.6) is 0 Å². The molecule has 9 heteroatoms. The predicted molar refractivity (Wildman–Crippen MR) is 72.3 cm³/mol. The average Bonchev–Trinajstić information content (AvgIpc) is 2.94. The molecular weight excluding hydrogens is 282 g/mol. The fraction of sp³-hybridized carbons (Fsp3) is 0.0909. The standard InChI is InChI=1S/C11H9N5O3S/c12-3-5-20-11-15-8(13)7(10(18)16-11)14-9(17)6-2-1-4-19-6/h1-2,4H,5H2,(H,14,17)(H3,13,15,16,18). The van der Waals surface area contributed by atoms with Crippen molar-refractivity contribution in [2.24, 2.45) is 0 Å². The van der Waals surface area contributed by atoms with Crippen LogP contribution in [0.2, 0.25) is 0 Å². The SMILES string of the molecule is N#CCSc1nc(N)c(NC(=O)c2ccco2)c(=O)[nH]1. The van der Waals surface area contributed by atoms with Gasteiger partial charge in [-0.25, -0.2) is 4.98 Å². The molecule has 0 radical (unpaired) electrons. The number of amides is 1. The van der Waals surface area contributed by atoms with Gasteiger partial charge in [-0.15, -0.1) is 0 Å². The molecule has 0 aromatic carbocycles. The van der Waals surface area contributed by atoms with E-state index in [1.807, 2.05) is 6.07 Å². The van der Waals surface area contributed by atoms with Crippen LogP contribution in [0.3, 0.4) is 0 Å². The Labute approximate surface area is 117 Å². The van der Waals surface area contributed by atoms with E-state index < -0.39 is 11.5 Å². The normalized spacial score (nSPS) is 9.95. The lowest BCUT2D eigenvalue weighted by Crippen LogP contribution is -2.22. The number of aromatic amines is 1. The van der Waals surface area contributed by atoms with Crippen molar-refractivity contribution in [3.05, 3.63) is 34.5 Å². The molecule has 2 aromatic rings. The largest absolute Gasteiger partial charge is 0.459 e. The van der Waals surface area contributed by atoms with Crippen LogP contribution in [-0.2, 0) is 0 Å². The Balaban J connectivity index is 2.23. The summed E-state index contributed by atoms with van der Waals surface area (Å²) in [6.07, 6.45) is 1.34. The zero-order chi connectivity index (χ0) is 14.5. The number of aromatic nitrogens is 2. The zero-order valence-electron chi connectivity index (χ0n) is 10.0. The molecule has 0 saturated heterocycles. The van der Waals surface area contributed by atoms with Crippen molar-refractivity contribution in [3.8, 4) is 6.07 Å². The van der Waals surface area contributed by atoms with E-state index in [9.17, 15) is 9.59 Å². The van der Waals surface area contributed by atoms with Crippen LogP contribution in [0, 0.1) is 11.3 Å². The van der Waals surface area contributed by atoms with Gasteiger partial charge in [-0.1, -0.05) is 11.8 Å². The summed E-state index contributed by atoms with van der Waals surface area (Å²) in [6.45, 7) is 0. The molecule has 0 spiro atoms. The van der Waals surface area contributed by atoms with Crippen molar-refractivity contribution in [3.63, 3.8) is 0 Å². The number of anilines is 2. The maximum atomic E-state index is 11.8. The Kier molecular flexibility index (Phi) is 4.07. The van der Waals surface area contributed by atoms with Gasteiger partial charge in [0, 0.05) is 0 Å². The van der Waals surface area contributed by atoms with Crippen molar-refractivity contribution in [2.75, 3.05) is 16.8 Å². The number of nitrogens with zero attached hydrogens (tertiary/aromatic N) is 2. The maximum absolute atomic E-state index is 11.8. The van der Waals surface area contributed by atoms with Gasteiger partial charge in [0.25, 0.3) is 11.5 Å². The molecule has 8 nitrogen and oxygen atoms in total. The third kappa shape index (κ3) is 2.99. The minimum absolute atomic E-state index is 0.0479. The quantitative estimate of drug-likeness (QED) is 0.559. The number of thioether (sulfide) groups is 1. The number of hydrogen-bond donors (Lipinski definition) is 3. The highest BCUT2D eigenvalue weighted by molar-refractivity contribution is 7.99. The Bertz CT molecular complexity index is 717. The van der Waals surface area contributed by atoms with E-state index in [2.05, 4.69) is 15.3 Å². The number of carbonyl (C=O) groups is 1. The van der Waals surface area contributed by atoms with E-state index in [4.69, 9.17) is 15.4 Å². The third-order valence-corrected chi connectivity index (χ3v) is 2.92. The van der Waals surface area contributed by atoms with E-state index in [0.717, 1.165) is 11.8 Å². The van der Waals surface area contributed by atoms with Crippen LogP contribution >= 0.6 is 11.8 Å². The minimum Gasteiger partial charge on any atom is -0.459 e. The lowest BCUT2D eigenvalue weighted by Gasteiger charge is -2.06. The molecule has 0 aliphatic carbocycles. The van der Waals surface area contributed by atoms with Crippen molar-refractivity contribution >= 4 is 29.2 Å². The number of rotatable bonds is 4. The molecule has 1 amide bonds. The number of H-pyrrole nitrogens is 1. The van der Waals surface area contributed by atoms with Gasteiger partial charge in [-0.05, 0) is 12.1 Å². The monoisotopic (exact) mass is 291 g/mol. The van der Waals surface area contributed by atoms with Crippen molar-refractivity contribution < 1.29 is 9.21 Å². The molecule has 0 fully saturated rings. The lowest BCUT2D eigenvalue weighted by molar-refractivity contribution is 0.0996. The Hall–Kier alpha value is -2.73. The Morgan fingerprint density at radius 2 is 2.45 bits per heavy atom. The van der Waals surface area contributed by atoms with E-state index in [-0.39, 0.29) is 28.2 Å². The fourth-order valence-electron chi connectivity index (χ4n) is 1.34. The molecule has 0 unspecified atom stereocenters. The van der Waals surface area contributed by atoms with Gasteiger partial charge in [0.2, 0.25) is 0 Å². The van der Waals surface area contributed by atoms with Gasteiger partial charge >= 0.3 is 0 Å². The summed E-state index contributed by atoms with van der Waals surface area (Å²) in [4.78, 5) is 29.9. The molecule has 0 saturated carbocycles. The number of hydrogen-bond acceptors (Lipinski definition) is 7. The van der Waals surface area contributed by atoms with Crippen LogP contribution in [0.25, 0.3) is 0 Å². The number of nitrogen functional groups attached to an aromatic ring is 1. The molecule has 2 heterocycles. The molecule has 0 bridgehead atoms. The van der Waals surface area contributed by atoms with Crippen LogP contribution in [0.15, 0.2) is 32.8 Å². The van der Waals surface area contributed by atoms with Gasteiger partial charge in [-0.2, -0.15) is 5.26 Å². The second kappa shape index (κ2) is 5.94. The summed E-state index contributed by atoms with van der Waals surface area (Å²) in [5.41, 5.74) is 4.86. The first-order valence-electron chi connectivity index (χ1n) is 5.36. The van der Waals surface area contributed by atoms with Crippen LogP contribution in [0.4, 0.5) is 11.5 Å². The van der Waals surface area contributed by atoms with Crippen molar-refractivity contribution in [2.45, 2.75) is 5.16 Å². The van der Waals surface area contributed by atoms with Crippen molar-refractivity contribution in [1.82, 2.24) is 9.97 Å². The first-order chi connectivity index (χ1) is 9.61. The highest BCUT2D eigenvalue weighted by Gasteiger charge is 2.15. The maximum Gasteiger partial charge on any atom is 0.291 e. The number of nitrogens with two attached hydrogens (primary N) is 1. The number of nitriles is 1. The minimum atomic E-state index is -0.605. The summed E-state index contributed by atoms with van der Waals surface area (Å²) in [5.74, 6) is -0.562. The van der Waals surface area contributed by atoms with E-state index in [0.29, 0.717) is 0 Å². The van der Waals surface area contributed by atoms with Gasteiger partial charge in [-0.3, -0.25) is 14.6 Å². The highest BCUT2D eigenvalue weighted by Crippen LogP contribution is 2.16. The molecule has 0 aliphatic heterocycles. The smallest absolute Gasteiger partial charge is 0.291 e. The molecule has 2 aromatic heterocycles. The molecular formula is C11H9N5O3S. The number of nitrogens with one attached hydrogen (secondary N) is 2. The third-order valence-electron chi connectivity index (χ3n) is 2.18. The molecule has 20 heavy (non-hydrogen) atoms. The fourth-order valence-corrected chi connectivity index (χ4v) is 1.87. The molecule has 0 atom stereocenters. The summed E-state index contributed by atoms with van der Waals surface area (Å²) in [6, 6.07) is 4.89. The van der Waals surface area contributed by atoms with Crippen LogP contribution in [0.1, 0.15) is 10.6 Å². The molecule has 4 N–H and O–H groups in total. The number of carbonyl (C=O) groups excluding carboxylic acids is 1. The summed E-state index contributed by atoms with van der Waals surface area (Å²) in [7, 11) is 0. The zero-order valence-corrected chi connectivity index (χ0v) is 10.9. The van der Waals surface area contributed by atoms with E-state index in [1.165, 1.54) is 12.3 Å². The molecule has 102 valence electrons. The highest BCUT2D eigenvalue weighted by atomic mass is 32.2. The Morgan fingerprint density at radius 3 is 3.05 bits per heavy atom. The average molecular weight is 291 g/mol. The first-order valence-corrected chi connectivity index (χ1v) is 6.34. The topological polar surface area (TPSA) is 138 Å². The second-order valence-corrected chi connectivity index (χ2v) is 4.47. The van der Waals surface area contributed by atoms with E-state index >= 15 is 0 Å². The van der Waals surface area contributed by atoms with Gasteiger partial charge in [0.05, 0.1) is 18.1 Å². The number of furan rings is 1. The lowest BCUT2D eigenvalue weighted by atomic mass is 10.4.